The van der Waals surface area contributed by atoms with E-state index in [0.29, 0.717) is 31.0 Å². The van der Waals surface area contributed by atoms with Crippen LogP contribution in [0.3, 0.4) is 0 Å². The highest BCUT2D eigenvalue weighted by atomic mass is 16.6. The number of anilines is 1. The standard InChI is InChI=1S/C16H21N3O4/c1-16(2,3)23-15(22)19-7-6-17-14-12(10-19)8-11(9-18-14)4-5-13(20)21/h4-5,8-9H,6-7,10H2,1-3H3,(H,17,18)(H,20,21)/b5-4+. The van der Waals surface area contributed by atoms with Gasteiger partial charge >= 0.3 is 12.1 Å². The summed E-state index contributed by atoms with van der Waals surface area (Å²) in [7, 11) is 0. The van der Waals surface area contributed by atoms with Crippen molar-refractivity contribution in [2.75, 3.05) is 18.4 Å². The van der Waals surface area contributed by atoms with Crippen molar-refractivity contribution in [1.82, 2.24) is 9.88 Å². The number of aromatic nitrogens is 1. The number of amides is 1. The molecule has 0 saturated heterocycles. The second-order valence-electron chi connectivity index (χ2n) is 6.28. The summed E-state index contributed by atoms with van der Waals surface area (Å²) >= 11 is 0. The zero-order chi connectivity index (χ0) is 17.0. The van der Waals surface area contributed by atoms with Crippen LogP contribution in [0.2, 0.25) is 0 Å². The number of pyridine rings is 1. The first-order valence-electron chi connectivity index (χ1n) is 7.36. The van der Waals surface area contributed by atoms with E-state index in [1.54, 1.807) is 11.1 Å². The second-order valence-corrected chi connectivity index (χ2v) is 6.28. The molecule has 0 unspecified atom stereocenters. The number of rotatable bonds is 2. The molecule has 7 heteroatoms. The molecule has 2 rings (SSSR count). The van der Waals surface area contributed by atoms with E-state index in [-0.39, 0.29) is 6.09 Å². The van der Waals surface area contributed by atoms with Crippen LogP contribution in [0.15, 0.2) is 18.3 Å². The number of carbonyl (C=O) groups excluding carboxylic acids is 1. The Morgan fingerprint density at radius 2 is 2.17 bits per heavy atom. The first kappa shape index (κ1) is 16.8. The number of carboxylic acids is 1. The van der Waals surface area contributed by atoms with Crippen LogP contribution in [0.5, 0.6) is 0 Å². The lowest BCUT2D eigenvalue weighted by molar-refractivity contribution is -0.131. The zero-order valence-corrected chi connectivity index (χ0v) is 13.5. The van der Waals surface area contributed by atoms with Crippen molar-refractivity contribution in [1.29, 1.82) is 0 Å². The minimum Gasteiger partial charge on any atom is -0.478 e. The molecule has 0 aromatic carbocycles. The molecule has 0 saturated carbocycles. The van der Waals surface area contributed by atoms with Gasteiger partial charge in [0, 0.05) is 30.9 Å². The van der Waals surface area contributed by atoms with Crippen LogP contribution in [-0.2, 0) is 16.1 Å². The molecule has 0 bridgehead atoms. The third kappa shape index (κ3) is 4.98. The van der Waals surface area contributed by atoms with E-state index >= 15 is 0 Å². The van der Waals surface area contributed by atoms with Gasteiger partial charge in [0.2, 0.25) is 0 Å². The Morgan fingerprint density at radius 1 is 1.43 bits per heavy atom. The first-order chi connectivity index (χ1) is 10.7. The third-order valence-corrected chi connectivity index (χ3v) is 3.09. The van der Waals surface area contributed by atoms with Crippen molar-refractivity contribution in [3.05, 3.63) is 29.5 Å². The maximum atomic E-state index is 12.2. The Kier molecular flexibility index (Phi) is 4.88. The molecular weight excluding hydrogens is 298 g/mol. The van der Waals surface area contributed by atoms with Crippen molar-refractivity contribution >= 4 is 24.0 Å². The highest BCUT2D eigenvalue weighted by molar-refractivity contribution is 5.85. The van der Waals surface area contributed by atoms with Crippen LogP contribution in [-0.4, -0.2) is 45.7 Å². The van der Waals surface area contributed by atoms with Crippen molar-refractivity contribution in [3.63, 3.8) is 0 Å². The molecule has 0 atom stereocenters. The molecule has 1 aliphatic heterocycles. The zero-order valence-electron chi connectivity index (χ0n) is 13.5. The third-order valence-electron chi connectivity index (χ3n) is 3.09. The van der Waals surface area contributed by atoms with E-state index < -0.39 is 11.6 Å². The number of aliphatic carboxylic acids is 1. The van der Waals surface area contributed by atoms with E-state index in [1.807, 2.05) is 26.8 Å². The maximum Gasteiger partial charge on any atom is 0.410 e. The van der Waals surface area contributed by atoms with Gasteiger partial charge in [0.25, 0.3) is 0 Å². The minimum atomic E-state index is -1.02. The lowest BCUT2D eigenvalue weighted by Gasteiger charge is -2.26. The summed E-state index contributed by atoms with van der Waals surface area (Å²) in [5.41, 5.74) is 0.934. The predicted molar refractivity (Wildman–Crippen MR) is 86.0 cm³/mol. The van der Waals surface area contributed by atoms with Crippen molar-refractivity contribution in [3.8, 4) is 0 Å². The molecular formula is C16H21N3O4. The number of nitrogens with zero attached hydrogens (tertiary/aromatic N) is 2. The summed E-state index contributed by atoms with van der Waals surface area (Å²) in [6.07, 6.45) is 3.74. The van der Waals surface area contributed by atoms with Gasteiger partial charge in [0.05, 0.1) is 6.54 Å². The number of ether oxygens (including phenoxy) is 1. The van der Waals surface area contributed by atoms with Gasteiger partial charge in [-0.05, 0) is 38.5 Å². The average Bonchev–Trinajstić information content (AvgIpc) is 2.64. The Hall–Kier alpha value is -2.57. The topological polar surface area (TPSA) is 91.8 Å². The maximum absolute atomic E-state index is 12.2. The van der Waals surface area contributed by atoms with Crippen LogP contribution >= 0.6 is 0 Å². The number of carboxylic acid groups (broad SMARTS) is 1. The number of nitrogens with one attached hydrogen (secondary N) is 1. The molecule has 1 amide bonds. The monoisotopic (exact) mass is 319 g/mol. The fraction of sp³-hybridized carbons (Fsp3) is 0.438. The van der Waals surface area contributed by atoms with Gasteiger partial charge in [0.15, 0.2) is 0 Å². The van der Waals surface area contributed by atoms with E-state index in [2.05, 4.69) is 10.3 Å². The highest BCUT2D eigenvalue weighted by Gasteiger charge is 2.24. The van der Waals surface area contributed by atoms with Gasteiger partial charge in [-0.1, -0.05) is 0 Å². The van der Waals surface area contributed by atoms with Crippen molar-refractivity contribution < 1.29 is 19.4 Å². The molecule has 1 aliphatic rings. The number of carbonyl (C=O) groups is 2. The molecule has 23 heavy (non-hydrogen) atoms. The Bertz CT molecular complexity index is 635. The van der Waals surface area contributed by atoms with Gasteiger partial charge in [-0.25, -0.2) is 14.6 Å². The van der Waals surface area contributed by atoms with Gasteiger partial charge in [0.1, 0.15) is 11.4 Å². The fourth-order valence-electron chi connectivity index (χ4n) is 2.14. The van der Waals surface area contributed by atoms with E-state index in [0.717, 1.165) is 11.6 Å². The van der Waals surface area contributed by atoms with Crippen LogP contribution in [0.25, 0.3) is 6.08 Å². The van der Waals surface area contributed by atoms with Crippen LogP contribution < -0.4 is 5.32 Å². The molecule has 0 spiro atoms. The highest BCUT2D eigenvalue weighted by Crippen LogP contribution is 2.21. The fourth-order valence-corrected chi connectivity index (χ4v) is 2.14. The normalized spacial score (nSPS) is 14.8. The lowest BCUT2D eigenvalue weighted by atomic mass is 10.1. The predicted octanol–water partition coefficient (Wildman–Crippen LogP) is 2.34. The quantitative estimate of drug-likeness (QED) is 0.813. The van der Waals surface area contributed by atoms with Gasteiger partial charge < -0.3 is 20.1 Å². The molecule has 2 N–H and O–H groups in total. The second kappa shape index (κ2) is 6.68. The summed E-state index contributed by atoms with van der Waals surface area (Å²) in [4.78, 5) is 28.7. The van der Waals surface area contributed by atoms with Crippen LogP contribution in [0, 0.1) is 0 Å². The summed E-state index contributed by atoms with van der Waals surface area (Å²) in [5, 5.41) is 11.9. The molecule has 2 heterocycles. The van der Waals surface area contributed by atoms with E-state index in [9.17, 15) is 9.59 Å². The Labute approximate surface area is 135 Å². The van der Waals surface area contributed by atoms with Crippen molar-refractivity contribution in [2.24, 2.45) is 0 Å². The first-order valence-corrected chi connectivity index (χ1v) is 7.36. The minimum absolute atomic E-state index is 0.360. The van der Waals surface area contributed by atoms with Crippen LogP contribution in [0.4, 0.5) is 10.6 Å². The van der Waals surface area contributed by atoms with Crippen molar-refractivity contribution in [2.45, 2.75) is 32.9 Å². The molecule has 1 aromatic rings. The molecule has 124 valence electrons. The van der Waals surface area contributed by atoms with Gasteiger partial charge in [-0.2, -0.15) is 0 Å². The smallest absolute Gasteiger partial charge is 0.410 e. The van der Waals surface area contributed by atoms with Crippen LogP contribution in [0.1, 0.15) is 31.9 Å². The Balaban J connectivity index is 2.19. The summed E-state index contributed by atoms with van der Waals surface area (Å²) in [6, 6.07) is 1.82. The molecule has 0 fully saturated rings. The molecule has 7 nitrogen and oxygen atoms in total. The molecule has 1 aromatic heterocycles. The SMILES string of the molecule is CC(C)(C)OC(=O)N1CCNc2ncc(/C=C/C(=O)O)cc2C1. The average molecular weight is 319 g/mol. The van der Waals surface area contributed by atoms with E-state index in [1.165, 1.54) is 6.08 Å². The number of hydrogen-bond acceptors (Lipinski definition) is 5. The molecule has 0 radical (unpaired) electrons. The summed E-state index contributed by atoms with van der Waals surface area (Å²) < 4.78 is 5.40. The summed E-state index contributed by atoms with van der Waals surface area (Å²) in [6.45, 7) is 6.91. The summed E-state index contributed by atoms with van der Waals surface area (Å²) in [5.74, 6) is -0.322. The number of hydrogen-bond donors (Lipinski definition) is 2. The molecule has 0 aliphatic carbocycles. The number of fused-ring (bicyclic) bond motifs is 1. The van der Waals surface area contributed by atoms with Gasteiger partial charge in [-0.15, -0.1) is 0 Å². The van der Waals surface area contributed by atoms with Gasteiger partial charge in [-0.3, -0.25) is 0 Å². The van der Waals surface area contributed by atoms with E-state index in [4.69, 9.17) is 9.84 Å². The lowest BCUT2D eigenvalue weighted by Crippen LogP contribution is -2.37. The largest absolute Gasteiger partial charge is 0.478 e. The Morgan fingerprint density at radius 3 is 2.83 bits per heavy atom.